The molecule has 1 aliphatic heterocycles. The Morgan fingerprint density at radius 1 is 1.14 bits per heavy atom. The van der Waals surface area contributed by atoms with Crippen molar-refractivity contribution < 1.29 is 0 Å². The van der Waals surface area contributed by atoms with Crippen molar-refractivity contribution in [1.29, 1.82) is 0 Å². The van der Waals surface area contributed by atoms with Crippen LogP contribution in [0.4, 0.5) is 5.95 Å². The Morgan fingerprint density at radius 2 is 1.79 bits per heavy atom. The lowest BCUT2D eigenvalue weighted by Gasteiger charge is -2.33. The van der Waals surface area contributed by atoms with E-state index < -0.39 is 0 Å². The van der Waals surface area contributed by atoms with Gasteiger partial charge in [-0.1, -0.05) is 0 Å². The highest BCUT2D eigenvalue weighted by atomic mass is 35.5. The molecule has 4 nitrogen and oxygen atoms in total. The van der Waals surface area contributed by atoms with Gasteiger partial charge in [-0.25, -0.2) is 9.97 Å². The average molecular weight is 213 g/mol. The molecule has 0 spiro atoms. The van der Waals surface area contributed by atoms with Crippen LogP contribution in [-0.2, 0) is 0 Å². The topological polar surface area (TPSA) is 32.3 Å². The van der Waals surface area contributed by atoms with Crippen LogP contribution in [0.2, 0.25) is 0 Å². The predicted molar refractivity (Wildman–Crippen MR) is 56.5 cm³/mol. The summed E-state index contributed by atoms with van der Waals surface area (Å²) in [5, 5.41) is 0. The van der Waals surface area contributed by atoms with Gasteiger partial charge in [0.2, 0.25) is 5.95 Å². The van der Waals surface area contributed by atoms with E-state index in [-0.39, 0.29) is 0 Å². The quantitative estimate of drug-likeness (QED) is 0.536. The van der Waals surface area contributed by atoms with Gasteiger partial charge in [0.25, 0.3) is 0 Å². The first-order valence-corrected chi connectivity index (χ1v) is 5.24. The molecule has 0 bridgehead atoms. The highest BCUT2D eigenvalue weighted by Crippen LogP contribution is 2.09. The number of piperazine rings is 1. The van der Waals surface area contributed by atoms with Crippen LogP contribution in [0.15, 0.2) is 18.5 Å². The van der Waals surface area contributed by atoms with Crippen molar-refractivity contribution in [2.45, 2.75) is 0 Å². The van der Waals surface area contributed by atoms with Gasteiger partial charge in [-0.3, -0.25) is 4.90 Å². The molecule has 1 aliphatic rings. The van der Waals surface area contributed by atoms with Crippen molar-refractivity contribution in [2.24, 2.45) is 0 Å². The number of rotatable bonds is 2. The van der Waals surface area contributed by atoms with Crippen LogP contribution in [-0.4, -0.2) is 47.1 Å². The zero-order valence-electron chi connectivity index (χ0n) is 7.93. The first-order chi connectivity index (χ1) is 6.90. The molecule has 0 aromatic carbocycles. The summed E-state index contributed by atoms with van der Waals surface area (Å²) in [6.45, 7) is 3.89. The molecule has 0 unspecified atom stereocenters. The third-order valence-electron chi connectivity index (χ3n) is 2.38. The summed E-state index contributed by atoms with van der Waals surface area (Å²) < 4.78 is 0. The van der Waals surface area contributed by atoms with E-state index in [9.17, 15) is 0 Å². The Balaban J connectivity index is 1.96. The maximum absolute atomic E-state index is 5.75. The maximum Gasteiger partial charge on any atom is 0.225 e. The van der Waals surface area contributed by atoms with Gasteiger partial charge < -0.3 is 4.90 Å². The van der Waals surface area contributed by atoms with E-state index in [1.165, 1.54) is 0 Å². The van der Waals surface area contributed by atoms with Crippen molar-refractivity contribution in [3.8, 4) is 0 Å². The summed E-state index contributed by atoms with van der Waals surface area (Å²) in [6.07, 6.45) is 3.55. The molecule has 76 valence electrons. The first kappa shape index (κ1) is 9.68. The number of hydrogen-bond acceptors (Lipinski definition) is 4. The van der Waals surface area contributed by atoms with Gasteiger partial charge >= 0.3 is 0 Å². The van der Waals surface area contributed by atoms with Crippen molar-refractivity contribution in [1.82, 2.24) is 14.9 Å². The largest absolute Gasteiger partial charge is 0.338 e. The van der Waals surface area contributed by atoms with E-state index in [2.05, 4.69) is 19.8 Å². The molecule has 1 aromatic heterocycles. The Bertz CT molecular complexity index is 271. The average Bonchev–Trinajstić information content (AvgIpc) is 2.30. The maximum atomic E-state index is 5.75. The van der Waals surface area contributed by atoms with Crippen LogP contribution < -0.4 is 4.90 Å². The molecule has 1 saturated heterocycles. The number of halogens is 1. The monoisotopic (exact) mass is 212 g/mol. The van der Waals surface area contributed by atoms with Gasteiger partial charge in [0.15, 0.2) is 0 Å². The smallest absolute Gasteiger partial charge is 0.225 e. The summed E-state index contributed by atoms with van der Waals surface area (Å²) >= 11 is 5.75. The number of hydrogen-bond donors (Lipinski definition) is 0. The van der Waals surface area contributed by atoms with E-state index in [1.54, 1.807) is 12.4 Å². The standard InChI is InChI=1S/C9H13ClN4/c10-8-13-4-6-14(7-5-13)9-11-2-1-3-12-9/h1-3H,4-8H2. The van der Waals surface area contributed by atoms with Crippen LogP contribution >= 0.6 is 11.6 Å². The Labute approximate surface area is 88.5 Å². The zero-order valence-corrected chi connectivity index (χ0v) is 8.69. The summed E-state index contributed by atoms with van der Waals surface area (Å²) in [5.41, 5.74) is 0. The molecular weight excluding hydrogens is 200 g/mol. The lowest BCUT2D eigenvalue weighted by molar-refractivity contribution is 0.296. The van der Waals surface area contributed by atoms with Crippen molar-refractivity contribution in [3.05, 3.63) is 18.5 Å². The van der Waals surface area contributed by atoms with E-state index in [0.717, 1.165) is 32.1 Å². The van der Waals surface area contributed by atoms with Crippen LogP contribution in [0.1, 0.15) is 0 Å². The minimum Gasteiger partial charge on any atom is -0.338 e. The third-order valence-corrected chi connectivity index (χ3v) is 2.71. The molecule has 1 aromatic rings. The van der Waals surface area contributed by atoms with Crippen molar-refractivity contribution in [2.75, 3.05) is 37.1 Å². The van der Waals surface area contributed by atoms with E-state index >= 15 is 0 Å². The van der Waals surface area contributed by atoms with E-state index in [4.69, 9.17) is 11.6 Å². The molecule has 5 heteroatoms. The first-order valence-electron chi connectivity index (χ1n) is 4.70. The zero-order chi connectivity index (χ0) is 9.80. The fourth-order valence-corrected chi connectivity index (χ4v) is 1.76. The highest BCUT2D eigenvalue weighted by molar-refractivity contribution is 6.17. The summed E-state index contributed by atoms with van der Waals surface area (Å²) in [7, 11) is 0. The lowest BCUT2D eigenvalue weighted by Crippen LogP contribution is -2.46. The van der Waals surface area contributed by atoms with E-state index in [0.29, 0.717) is 6.00 Å². The molecule has 0 aliphatic carbocycles. The summed E-state index contributed by atoms with van der Waals surface area (Å²) in [6, 6.07) is 2.45. The minimum absolute atomic E-state index is 0.615. The van der Waals surface area contributed by atoms with Gasteiger partial charge in [0, 0.05) is 38.6 Å². The summed E-state index contributed by atoms with van der Waals surface area (Å²) in [4.78, 5) is 12.8. The van der Waals surface area contributed by atoms with Crippen LogP contribution in [0.5, 0.6) is 0 Å². The summed E-state index contributed by atoms with van der Waals surface area (Å²) in [5.74, 6) is 0.821. The molecule has 0 amide bonds. The molecule has 0 N–H and O–H groups in total. The van der Waals surface area contributed by atoms with Crippen molar-refractivity contribution in [3.63, 3.8) is 0 Å². The number of nitrogens with zero attached hydrogens (tertiary/aromatic N) is 4. The minimum atomic E-state index is 0.615. The molecule has 0 radical (unpaired) electrons. The molecule has 2 heterocycles. The number of alkyl halides is 1. The SMILES string of the molecule is ClCN1CCN(c2ncccn2)CC1. The van der Waals surface area contributed by atoms with Gasteiger partial charge in [-0.15, -0.1) is 11.6 Å². The Hall–Kier alpha value is -0.870. The molecule has 14 heavy (non-hydrogen) atoms. The normalized spacial score (nSPS) is 18.5. The van der Waals surface area contributed by atoms with Crippen LogP contribution in [0.25, 0.3) is 0 Å². The van der Waals surface area contributed by atoms with Gasteiger partial charge in [-0.05, 0) is 6.07 Å². The second kappa shape index (κ2) is 4.57. The van der Waals surface area contributed by atoms with Crippen LogP contribution in [0.3, 0.4) is 0 Å². The molecule has 0 saturated carbocycles. The van der Waals surface area contributed by atoms with E-state index in [1.807, 2.05) is 6.07 Å². The molecule has 2 rings (SSSR count). The highest BCUT2D eigenvalue weighted by Gasteiger charge is 2.17. The Kier molecular flexibility index (Phi) is 3.16. The fraction of sp³-hybridized carbons (Fsp3) is 0.556. The third kappa shape index (κ3) is 2.13. The predicted octanol–water partition coefficient (Wildman–Crippen LogP) is 0.795. The number of aromatic nitrogens is 2. The van der Waals surface area contributed by atoms with Gasteiger partial charge in [0.05, 0.1) is 6.00 Å². The number of anilines is 1. The van der Waals surface area contributed by atoms with Crippen molar-refractivity contribution >= 4 is 17.5 Å². The second-order valence-electron chi connectivity index (χ2n) is 3.27. The van der Waals surface area contributed by atoms with Gasteiger partial charge in [-0.2, -0.15) is 0 Å². The molecule has 0 atom stereocenters. The molecule has 1 fully saturated rings. The lowest BCUT2D eigenvalue weighted by atomic mass is 10.3. The second-order valence-corrected chi connectivity index (χ2v) is 3.51. The Morgan fingerprint density at radius 3 is 2.36 bits per heavy atom. The van der Waals surface area contributed by atoms with Crippen LogP contribution in [0, 0.1) is 0 Å². The molecular formula is C9H13ClN4. The van der Waals surface area contributed by atoms with Gasteiger partial charge in [0.1, 0.15) is 0 Å². The fourth-order valence-electron chi connectivity index (χ4n) is 1.52.